The van der Waals surface area contributed by atoms with Gasteiger partial charge in [-0.3, -0.25) is 9.89 Å². The van der Waals surface area contributed by atoms with Crippen LogP contribution in [0.15, 0.2) is 6.07 Å². The third-order valence-electron chi connectivity index (χ3n) is 3.02. The Balaban J connectivity index is 1.96. The van der Waals surface area contributed by atoms with Gasteiger partial charge in [0.1, 0.15) is 5.69 Å². The van der Waals surface area contributed by atoms with Gasteiger partial charge in [0.2, 0.25) is 0 Å². The molecule has 0 radical (unpaired) electrons. The van der Waals surface area contributed by atoms with E-state index in [1.807, 2.05) is 6.92 Å². The number of hydrogen-bond donors (Lipinski definition) is 3. The van der Waals surface area contributed by atoms with E-state index in [0.29, 0.717) is 11.7 Å². The fourth-order valence-electron chi connectivity index (χ4n) is 2.02. The molecule has 5 nitrogen and oxygen atoms in total. The molecule has 0 aliphatic carbocycles. The summed E-state index contributed by atoms with van der Waals surface area (Å²) in [5.74, 6) is -0.0927. The molecule has 0 saturated carbocycles. The summed E-state index contributed by atoms with van der Waals surface area (Å²) in [6.07, 6.45) is 2.14. The maximum atomic E-state index is 11.9. The Bertz CT molecular complexity index is 374. The van der Waals surface area contributed by atoms with Crippen molar-refractivity contribution in [2.45, 2.75) is 38.8 Å². The van der Waals surface area contributed by atoms with Gasteiger partial charge >= 0.3 is 0 Å². The lowest BCUT2D eigenvalue weighted by molar-refractivity contribution is 0.0914. The molecule has 2 unspecified atom stereocenters. The summed E-state index contributed by atoms with van der Waals surface area (Å²) in [4.78, 5) is 11.9. The summed E-state index contributed by atoms with van der Waals surface area (Å²) < 4.78 is 0. The highest BCUT2D eigenvalue weighted by molar-refractivity contribution is 5.92. The molecule has 0 spiro atoms. The van der Waals surface area contributed by atoms with E-state index in [1.165, 1.54) is 0 Å². The zero-order chi connectivity index (χ0) is 11.5. The van der Waals surface area contributed by atoms with E-state index >= 15 is 0 Å². The largest absolute Gasteiger partial charge is 0.346 e. The average molecular weight is 222 g/mol. The van der Waals surface area contributed by atoms with Gasteiger partial charge in [-0.05, 0) is 39.3 Å². The molecule has 2 rings (SSSR count). The van der Waals surface area contributed by atoms with Crippen LogP contribution in [0.2, 0.25) is 0 Å². The second kappa shape index (κ2) is 4.65. The van der Waals surface area contributed by atoms with Crippen LogP contribution in [0.5, 0.6) is 0 Å². The summed E-state index contributed by atoms with van der Waals surface area (Å²) in [6, 6.07) is 2.30. The quantitative estimate of drug-likeness (QED) is 0.686. The van der Waals surface area contributed by atoms with Crippen LogP contribution in [0, 0.1) is 6.92 Å². The average Bonchev–Trinajstić information content (AvgIpc) is 2.68. The number of rotatable bonds is 2. The van der Waals surface area contributed by atoms with Crippen molar-refractivity contribution >= 4 is 5.91 Å². The van der Waals surface area contributed by atoms with Crippen LogP contribution in [0.1, 0.15) is 35.9 Å². The number of carbonyl (C=O) groups is 1. The second-order valence-corrected chi connectivity index (χ2v) is 4.40. The highest BCUT2D eigenvalue weighted by atomic mass is 16.2. The van der Waals surface area contributed by atoms with Crippen molar-refractivity contribution in [2.75, 3.05) is 6.54 Å². The number of hydrogen-bond acceptors (Lipinski definition) is 3. The minimum absolute atomic E-state index is 0.0927. The predicted octanol–water partition coefficient (Wildman–Crippen LogP) is 0.588. The lowest BCUT2D eigenvalue weighted by atomic mass is 10.00. The number of nitrogens with zero attached hydrogens (tertiary/aromatic N) is 1. The Kier molecular flexibility index (Phi) is 3.24. The van der Waals surface area contributed by atoms with Crippen LogP contribution in [0.4, 0.5) is 0 Å². The molecule has 16 heavy (non-hydrogen) atoms. The molecule has 1 aromatic rings. The lowest BCUT2D eigenvalue weighted by Crippen LogP contribution is -2.51. The standard InChI is InChI=1S/C11H18N4O/c1-7-6-10(15-14-7)11(16)13-9-4-3-5-12-8(9)2/h6,8-9,12H,3-5H2,1-2H3,(H,13,16)(H,14,15). The van der Waals surface area contributed by atoms with Crippen LogP contribution >= 0.6 is 0 Å². The van der Waals surface area contributed by atoms with E-state index in [-0.39, 0.29) is 11.9 Å². The number of nitrogens with one attached hydrogen (secondary N) is 3. The van der Waals surface area contributed by atoms with Gasteiger partial charge in [-0.1, -0.05) is 0 Å². The van der Waals surface area contributed by atoms with E-state index in [9.17, 15) is 4.79 Å². The summed E-state index contributed by atoms with van der Waals surface area (Å²) in [6.45, 7) is 5.02. The molecule has 1 saturated heterocycles. The van der Waals surface area contributed by atoms with Gasteiger partial charge in [-0.15, -0.1) is 0 Å². The van der Waals surface area contributed by atoms with Crippen LogP contribution in [-0.4, -0.2) is 34.7 Å². The normalized spacial score (nSPS) is 25.4. The number of aromatic amines is 1. The first-order valence-electron chi connectivity index (χ1n) is 5.73. The molecule has 0 aromatic carbocycles. The highest BCUT2D eigenvalue weighted by Crippen LogP contribution is 2.09. The summed E-state index contributed by atoms with van der Waals surface area (Å²) in [5, 5.41) is 13.1. The Labute approximate surface area is 95.0 Å². The van der Waals surface area contributed by atoms with Crippen LogP contribution in [0.3, 0.4) is 0 Å². The number of amides is 1. The monoisotopic (exact) mass is 222 g/mol. The van der Waals surface area contributed by atoms with E-state index in [1.54, 1.807) is 6.07 Å². The number of H-pyrrole nitrogens is 1. The zero-order valence-corrected chi connectivity index (χ0v) is 9.71. The number of piperidine rings is 1. The van der Waals surface area contributed by atoms with Gasteiger partial charge in [0.25, 0.3) is 5.91 Å². The molecule has 2 atom stereocenters. The topological polar surface area (TPSA) is 69.8 Å². The van der Waals surface area contributed by atoms with Crippen molar-refractivity contribution in [2.24, 2.45) is 0 Å². The Morgan fingerprint density at radius 1 is 1.62 bits per heavy atom. The minimum atomic E-state index is -0.0927. The molecular weight excluding hydrogens is 204 g/mol. The maximum Gasteiger partial charge on any atom is 0.272 e. The fraction of sp³-hybridized carbons (Fsp3) is 0.636. The summed E-state index contributed by atoms with van der Waals surface area (Å²) >= 11 is 0. The minimum Gasteiger partial charge on any atom is -0.346 e. The third-order valence-corrected chi connectivity index (χ3v) is 3.02. The first-order chi connectivity index (χ1) is 7.66. The Hall–Kier alpha value is -1.36. The first-order valence-corrected chi connectivity index (χ1v) is 5.73. The molecule has 1 amide bonds. The third kappa shape index (κ3) is 2.41. The molecule has 5 heteroatoms. The number of aromatic nitrogens is 2. The van der Waals surface area contributed by atoms with Crippen molar-refractivity contribution in [1.82, 2.24) is 20.8 Å². The molecular formula is C11H18N4O. The van der Waals surface area contributed by atoms with E-state index in [2.05, 4.69) is 27.8 Å². The summed E-state index contributed by atoms with van der Waals surface area (Å²) in [5.41, 5.74) is 1.37. The van der Waals surface area contributed by atoms with Crippen molar-refractivity contribution in [1.29, 1.82) is 0 Å². The van der Waals surface area contributed by atoms with Gasteiger partial charge in [0.05, 0.1) is 0 Å². The first kappa shape index (κ1) is 11.1. The van der Waals surface area contributed by atoms with Crippen molar-refractivity contribution < 1.29 is 4.79 Å². The van der Waals surface area contributed by atoms with Crippen LogP contribution < -0.4 is 10.6 Å². The molecule has 0 bridgehead atoms. The summed E-state index contributed by atoms with van der Waals surface area (Å²) in [7, 11) is 0. The molecule has 2 heterocycles. The molecule has 1 aliphatic heterocycles. The van der Waals surface area contributed by atoms with E-state index < -0.39 is 0 Å². The van der Waals surface area contributed by atoms with Gasteiger partial charge < -0.3 is 10.6 Å². The number of aryl methyl sites for hydroxylation is 1. The van der Waals surface area contributed by atoms with Gasteiger partial charge in [0.15, 0.2) is 0 Å². The Morgan fingerprint density at radius 2 is 2.44 bits per heavy atom. The SMILES string of the molecule is Cc1cc(C(=O)NC2CCCNC2C)n[nH]1. The van der Waals surface area contributed by atoms with Gasteiger partial charge in [0, 0.05) is 17.8 Å². The Morgan fingerprint density at radius 3 is 3.06 bits per heavy atom. The van der Waals surface area contributed by atoms with Gasteiger partial charge in [-0.2, -0.15) is 5.10 Å². The van der Waals surface area contributed by atoms with Gasteiger partial charge in [-0.25, -0.2) is 0 Å². The molecule has 88 valence electrons. The van der Waals surface area contributed by atoms with Crippen molar-refractivity contribution in [3.05, 3.63) is 17.5 Å². The molecule has 1 aromatic heterocycles. The fourth-order valence-corrected chi connectivity index (χ4v) is 2.02. The molecule has 3 N–H and O–H groups in total. The number of carbonyl (C=O) groups excluding carboxylic acids is 1. The molecule has 1 aliphatic rings. The highest BCUT2D eigenvalue weighted by Gasteiger charge is 2.23. The van der Waals surface area contributed by atoms with E-state index in [4.69, 9.17) is 0 Å². The predicted molar refractivity (Wildman–Crippen MR) is 61.3 cm³/mol. The molecule has 1 fully saturated rings. The zero-order valence-electron chi connectivity index (χ0n) is 9.71. The second-order valence-electron chi connectivity index (χ2n) is 4.40. The van der Waals surface area contributed by atoms with Crippen LogP contribution in [-0.2, 0) is 0 Å². The van der Waals surface area contributed by atoms with Crippen molar-refractivity contribution in [3.63, 3.8) is 0 Å². The maximum absolute atomic E-state index is 11.9. The lowest BCUT2D eigenvalue weighted by Gasteiger charge is -2.30. The van der Waals surface area contributed by atoms with E-state index in [0.717, 1.165) is 25.1 Å². The van der Waals surface area contributed by atoms with Crippen molar-refractivity contribution in [3.8, 4) is 0 Å². The smallest absolute Gasteiger partial charge is 0.272 e. The van der Waals surface area contributed by atoms with Crippen LogP contribution in [0.25, 0.3) is 0 Å².